The van der Waals surface area contributed by atoms with Crippen LogP contribution in [0.4, 0.5) is 0 Å². The Labute approximate surface area is 130 Å². The number of benzene rings is 1. The minimum atomic E-state index is -0.0612. The zero-order chi connectivity index (χ0) is 15.4. The van der Waals surface area contributed by atoms with Gasteiger partial charge in [-0.2, -0.15) is 0 Å². The topological polar surface area (TPSA) is 56.1 Å². The van der Waals surface area contributed by atoms with Crippen LogP contribution in [0.1, 0.15) is 25.6 Å². The number of carbonyl (C=O) groups excluding carboxylic acids is 1. The quantitative estimate of drug-likeness (QED) is 0.942. The van der Waals surface area contributed by atoms with Gasteiger partial charge in [-0.25, -0.2) is 4.98 Å². The molecular formula is C17H21N3O2. The number of carbonyl (C=O) groups is 1. The van der Waals surface area contributed by atoms with Gasteiger partial charge in [0.05, 0.1) is 18.6 Å². The molecule has 1 aromatic carbocycles. The van der Waals surface area contributed by atoms with Gasteiger partial charge in [0.15, 0.2) is 0 Å². The van der Waals surface area contributed by atoms with E-state index < -0.39 is 0 Å². The van der Waals surface area contributed by atoms with Crippen molar-refractivity contribution in [1.29, 1.82) is 0 Å². The predicted molar refractivity (Wildman–Crippen MR) is 83.5 cm³/mol. The van der Waals surface area contributed by atoms with E-state index in [1.807, 2.05) is 48.0 Å². The van der Waals surface area contributed by atoms with Crippen LogP contribution in [0.15, 0.2) is 42.7 Å². The number of hydrogen-bond donors (Lipinski definition) is 1. The molecular weight excluding hydrogens is 278 g/mol. The molecule has 22 heavy (non-hydrogen) atoms. The van der Waals surface area contributed by atoms with E-state index in [0.717, 1.165) is 31.0 Å². The van der Waals surface area contributed by atoms with E-state index >= 15 is 0 Å². The molecule has 2 heterocycles. The maximum atomic E-state index is 12.3. The first-order valence-electron chi connectivity index (χ1n) is 7.72. The number of aromatic nitrogens is 2. The highest BCUT2D eigenvalue weighted by Crippen LogP contribution is 2.20. The lowest BCUT2D eigenvalue weighted by atomic mass is 9.94. The molecule has 0 bridgehead atoms. The summed E-state index contributed by atoms with van der Waals surface area (Å²) in [4.78, 5) is 16.7. The summed E-state index contributed by atoms with van der Waals surface area (Å²) in [6.07, 6.45) is 5.48. The standard InChI is InChI=1S/C17H21N3O2/c1-13-15(8-5-11-22-13)17(21)19-12-16-18-9-10-20(16)14-6-3-2-4-7-14/h2-4,6-7,9-10,13,15H,5,8,11-12H2,1H3,(H,19,21)/t13-,15-/m0/s1. The van der Waals surface area contributed by atoms with Crippen molar-refractivity contribution in [3.8, 4) is 5.69 Å². The van der Waals surface area contributed by atoms with Crippen molar-refractivity contribution in [3.63, 3.8) is 0 Å². The van der Waals surface area contributed by atoms with E-state index in [0.29, 0.717) is 6.54 Å². The Morgan fingerprint density at radius 2 is 2.23 bits per heavy atom. The highest BCUT2D eigenvalue weighted by atomic mass is 16.5. The second-order valence-electron chi connectivity index (χ2n) is 5.59. The van der Waals surface area contributed by atoms with Gasteiger partial charge in [-0.15, -0.1) is 0 Å². The van der Waals surface area contributed by atoms with Gasteiger partial charge in [-0.05, 0) is 31.9 Å². The molecule has 5 heteroatoms. The second kappa shape index (κ2) is 6.75. The van der Waals surface area contributed by atoms with Crippen LogP contribution >= 0.6 is 0 Å². The van der Waals surface area contributed by atoms with Crippen LogP contribution in [0.2, 0.25) is 0 Å². The third-order valence-corrected chi connectivity index (χ3v) is 4.12. The molecule has 1 amide bonds. The summed E-state index contributed by atoms with van der Waals surface area (Å²) >= 11 is 0. The molecule has 0 spiro atoms. The SMILES string of the molecule is C[C@@H]1OCCC[C@@H]1C(=O)NCc1nccn1-c1ccccc1. The van der Waals surface area contributed by atoms with Gasteiger partial charge >= 0.3 is 0 Å². The van der Waals surface area contributed by atoms with Crippen LogP contribution in [-0.4, -0.2) is 28.2 Å². The highest BCUT2D eigenvalue weighted by Gasteiger charge is 2.28. The normalized spacial score (nSPS) is 21.5. The zero-order valence-corrected chi connectivity index (χ0v) is 12.7. The average molecular weight is 299 g/mol. The molecule has 5 nitrogen and oxygen atoms in total. The van der Waals surface area contributed by atoms with Crippen LogP contribution in [0.25, 0.3) is 5.69 Å². The van der Waals surface area contributed by atoms with Gasteiger partial charge in [0, 0.05) is 24.7 Å². The summed E-state index contributed by atoms with van der Waals surface area (Å²) in [5.74, 6) is 0.813. The molecule has 2 atom stereocenters. The van der Waals surface area contributed by atoms with Gasteiger partial charge in [0.1, 0.15) is 5.82 Å². The van der Waals surface area contributed by atoms with Crippen LogP contribution in [0.3, 0.4) is 0 Å². The van der Waals surface area contributed by atoms with Gasteiger partial charge in [0.25, 0.3) is 0 Å². The van der Waals surface area contributed by atoms with Gasteiger partial charge in [-0.1, -0.05) is 18.2 Å². The van der Waals surface area contributed by atoms with E-state index in [-0.39, 0.29) is 17.9 Å². The summed E-state index contributed by atoms with van der Waals surface area (Å²) in [5.41, 5.74) is 1.04. The number of ether oxygens (including phenoxy) is 1. The molecule has 3 rings (SSSR count). The maximum absolute atomic E-state index is 12.3. The fourth-order valence-electron chi connectivity index (χ4n) is 2.85. The van der Waals surface area contributed by atoms with Crippen LogP contribution in [0, 0.1) is 5.92 Å². The number of amides is 1. The van der Waals surface area contributed by atoms with Crippen molar-refractivity contribution >= 4 is 5.91 Å². The lowest BCUT2D eigenvalue weighted by Crippen LogP contribution is -2.40. The smallest absolute Gasteiger partial charge is 0.226 e. The zero-order valence-electron chi connectivity index (χ0n) is 12.7. The first kappa shape index (κ1) is 14.8. The third-order valence-electron chi connectivity index (χ3n) is 4.12. The van der Waals surface area contributed by atoms with Crippen molar-refractivity contribution in [3.05, 3.63) is 48.5 Å². The van der Waals surface area contributed by atoms with E-state index in [1.165, 1.54) is 0 Å². The Morgan fingerprint density at radius 3 is 3.00 bits per heavy atom. The number of hydrogen-bond acceptors (Lipinski definition) is 3. The molecule has 1 aliphatic heterocycles. The summed E-state index contributed by atoms with van der Waals surface area (Å²) in [7, 11) is 0. The molecule has 1 fully saturated rings. The van der Waals surface area contributed by atoms with E-state index in [9.17, 15) is 4.79 Å². The first-order valence-corrected chi connectivity index (χ1v) is 7.72. The van der Waals surface area contributed by atoms with Crippen molar-refractivity contribution in [2.45, 2.75) is 32.4 Å². The van der Waals surface area contributed by atoms with Crippen LogP contribution in [-0.2, 0) is 16.1 Å². The fourth-order valence-corrected chi connectivity index (χ4v) is 2.85. The minimum absolute atomic E-state index is 0.0115. The molecule has 0 radical (unpaired) electrons. The van der Waals surface area contributed by atoms with Gasteiger partial charge < -0.3 is 14.6 Å². The molecule has 1 aromatic heterocycles. The lowest BCUT2D eigenvalue weighted by Gasteiger charge is -2.28. The van der Waals surface area contributed by atoms with Crippen molar-refractivity contribution in [1.82, 2.24) is 14.9 Å². The molecule has 0 unspecified atom stereocenters. The van der Waals surface area contributed by atoms with E-state index in [2.05, 4.69) is 10.3 Å². The van der Waals surface area contributed by atoms with Crippen molar-refractivity contribution < 1.29 is 9.53 Å². The highest BCUT2D eigenvalue weighted by molar-refractivity contribution is 5.79. The summed E-state index contributed by atoms with van der Waals surface area (Å²) in [6.45, 7) is 3.14. The Hall–Kier alpha value is -2.14. The summed E-state index contributed by atoms with van der Waals surface area (Å²) < 4.78 is 7.55. The number of nitrogens with zero attached hydrogens (tertiary/aromatic N) is 2. The Morgan fingerprint density at radius 1 is 1.41 bits per heavy atom. The summed E-state index contributed by atoms with van der Waals surface area (Å²) in [5, 5.41) is 2.99. The molecule has 116 valence electrons. The number of rotatable bonds is 4. The van der Waals surface area contributed by atoms with Crippen LogP contribution in [0.5, 0.6) is 0 Å². The number of imidazole rings is 1. The van der Waals surface area contributed by atoms with Crippen molar-refractivity contribution in [2.24, 2.45) is 5.92 Å². The van der Waals surface area contributed by atoms with E-state index in [4.69, 9.17) is 4.74 Å². The first-order chi connectivity index (χ1) is 10.8. The molecule has 1 saturated heterocycles. The summed E-state index contributed by atoms with van der Waals surface area (Å²) in [6, 6.07) is 9.98. The number of para-hydroxylation sites is 1. The Bertz CT molecular complexity index is 624. The van der Waals surface area contributed by atoms with Crippen molar-refractivity contribution in [2.75, 3.05) is 6.61 Å². The molecule has 2 aromatic rings. The fraction of sp³-hybridized carbons (Fsp3) is 0.412. The average Bonchev–Trinajstić information content (AvgIpc) is 3.02. The maximum Gasteiger partial charge on any atom is 0.226 e. The Kier molecular flexibility index (Phi) is 4.53. The molecule has 0 aliphatic carbocycles. The van der Waals surface area contributed by atoms with E-state index in [1.54, 1.807) is 6.20 Å². The number of nitrogens with one attached hydrogen (secondary N) is 1. The Balaban J connectivity index is 1.65. The molecule has 1 aliphatic rings. The predicted octanol–water partition coefficient (Wildman–Crippen LogP) is 2.30. The van der Waals surface area contributed by atoms with Gasteiger partial charge in [-0.3, -0.25) is 4.79 Å². The molecule has 0 saturated carbocycles. The van der Waals surface area contributed by atoms with Crippen LogP contribution < -0.4 is 5.32 Å². The monoisotopic (exact) mass is 299 g/mol. The lowest BCUT2D eigenvalue weighted by molar-refractivity contribution is -0.133. The minimum Gasteiger partial charge on any atom is -0.378 e. The third kappa shape index (κ3) is 3.20. The van der Waals surface area contributed by atoms with Gasteiger partial charge in [0.2, 0.25) is 5.91 Å². The largest absolute Gasteiger partial charge is 0.378 e. The second-order valence-corrected chi connectivity index (χ2v) is 5.59. The molecule has 1 N–H and O–H groups in total.